The number of hydrogen-bond acceptors (Lipinski definition) is 3. The van der Waals surface area contributed by atoms with Gasteiger partial charge < -0.3 is 10.6 Å². The zero-order valence-corrected chi connectivity index (χ0v) is 14.6. The van der Waals surface area contributed by atoms with Crippen LogP contribution < -0.4 is 10.6 Å². The van der Waals surface area contributed by atoms with E-state index >= 15 is 0 Å². The van der Waals surface area contributed by atoms with Gasteiger partial charge in [0.2, 0.25) is 5.91 Å². The Morgan fingerprint density at radius 3 is 2.62 bits per heavy atom. The third-order valence-electron chi connectivity index (χ3n) is 4.65. The predicted molar refractivity (Wildman–Crippen MR) is 96.2 cm³/mol. The fourth-order valence-corrected chi connectivity index (χ4v) is 3.28. The van der Waals surface area contributed by atoms with Crippen LogP contribution >= 0.6 is 0 Å². The number of carbonyl (C=O) groups is 2. The molecule has 0 unspecified atom stereocenters. The summed E-state index contributed by atoms with van der Waals surface area (Å²) in [7, 11) is 0. The van der Waals surface area contributed by atoms with Gasteiger partial charge in [0, 0.05) is 17.3 Å². The van der Waals surface area contributed by atoms with Crippen LogP contribution in [0.5, 0.6) is 0 Å². The number of H-pyrrole nitrogens is 1. The second kappa shape index (κ2) is 8.60. The van der Waals surface area contributed by atoms with Crippen LogP contribution in [0, 0.1) is 11.7 Å². The van der Waals surface area contributed by atoms with E-state index in [-0.39, 0.29) is 12.5 Å². The number of amides is 2. The molecule has 138 valence electrons. The average molecular weight is 358 g/mol. The van der Waals surface area contributed by atoms with Gasteiger partial charge in [0.05, 0.1) is 6.54 Å². The Morgan fingerprint density at radius 2 is 1.88 bits per heavy atom. The Bertz CT molecular complexity index is 751. The smallest absolute Gasteiger partial charge is 0.251 e. The minimum Gasteiger partial charge on any atom is -0.343 e. The lowest BCUT2D eigenvalue weighted by Gasteiger charge is -2.20. The molecular weight excluding hydrogens is 335 g/mol. The molecule has 0 spiro atoms. The molecule has 2 aromatic rings. The van der Waals surface area contributed by atoms with Crippen LogP contribution in [0.15, 0.2) is 30.3 Å². The minimum absolute atomic E-state index is 0.180. The maximum Gasteiger partial charge on any atom is 0.251 e. The molecule has 26 heavy (non-hydrogen) atoms. The van der Waals surface area contributed by atoms with Crippen LogP contribution in [0.2, 0.25) is 0 Å². The molecule has 1 aromatic heterocycles. The van der Waals surface area contributed by atoms with Crippen molar-refractivity contribution in [3.8, 4) is 0 Å². The van der Waals surface area contributed by atoms with Crippen LogP contribution in [0.3, 0.4) is 0 Å². The Labute approximate surface area is 151 Å². The lowest BCUT2D eigenvalue weighted by molar-refractivity contribution is -0.115. The number of nitrogens with one attached hydrogen (secondary N) is 3. The highest BCUT2D eigenvalue weighted by molar-refractivity contribution is 5.99. The molecule has 0 bridgehead atoms. The fraction of sp³-hybridized carbons (Fsp3) is 0.421. The first-order chi connectivity index (χ1) is 12.6. The molecule has 1 aromatic carbocycles. The molecule has 2 amide bonds. The molecule has 3 N–H and O–H groups in total. The van der Waals surface area contributed by atoms with Gasteiger partial charge >= 0.3 is 0 Å². The van der Waals surface area contributed by atoms with Crippen LogP contribution in [0.25, 0.3) is 0 Å². The van der Waals surface area contributed by atoms with Crippen molar-refractivity contribution in [1.29, 1.82) is 0 Å². The van der Waals surface area contributed by atoms with Crippen molar-refractivity contribution in [3.63, 3.8) is 0 Å². The first kappa shape index (κ1) is 18.1. The number of nitrogens with zero attached hydrogens (tertiary/aromatic N) is 1. The molecule has 6 nitrogen and oxygen atoms in total. The number of aromatic nitrogens is 2. The molecule has 1 fully saturated rings. The Kier molecular flexibility index (Phi) is 5.99. The third-order valence-corrected chi connectivity index (χ3v) is 4.65. The average Bonchev–Trinajstić information content (AvgIpc) is 3.08. The van der Waals surface area contributed by atoms with Gasteiger partial charge in [-0.2, -0.15) is 5.10 Å². The first-order valence-electron chi connectivity index (χ1n) is 8.98. The van der Waals surface area contributed by atoms with E-state index < -0.39 is 11.7 Å². The second-order valence-electron chi connectivity index (χ2n) is 6.72. The standard InChI is InChI=1S/C19H23FN4O2/c20-15-8-6-14(7-9-15)19(26)21-12-18(25)22-17-11-16(23-24-17)10-13-4-2-1-3-5-13/h6-9,11,13H,1-5,10,12H2,(H,21,26)(H2,22,23,24,25). The van der Waals surface area contributed by atoms with Gasteiger partial charge in [0.25, 0.3) is 5.91 Å². The molecule has 0 atom stereocenters. The van der Waals surface area contributed by atoms with E-state index in [1.165, 1.54) is 56.4 Å². The molecule has 7 heteroatoms. The van der Waals surface area contributed by atoms with Gasteiger partial charge in [-0.15, -0.1) is 0 Å². The normalized spacial score (nSPS) is 14.8. The highest BCUT2D eigenvalue weighted by atomic mass is 19.1. The topological polar surface area (TPSA) is 86.9 Å². The van der Waals surface area contributed by atoms with E-state index in [0.717, 1.165) is 12.1 Å². The molecule has 0 saturated heterocycles. The summed E-state index contributed by atoms with van der Waals surface area (Å²) in [6.45, 7) is -0.180. The van der Waals surface area contributed by atoms with Gasteiger partial charge in [0.15, 0.2) is 5.82 Å². The highest BCUT2D eigenvalue weighted by Crippen LogP contribution is 2.26. The van der Waals surface area contributed by atoms with Crippen molar-refractivity contribution in [2.75, 3.05) is 11.9 Å². The predicted octanol–water partition coefficient (Wildman–Crippen LogP) is 3.04. The summed E-state index contributed by atoms with van der Waals surface area (Å²) in [5.74, 6) is -0.0715. The summed E-state index contributed by atoms with van der Waals surface area (Å²) >= 11 is 0. The number of benzene rings is 1. The number of halogens is 1. The van der Waals surface area contributed by atoms with Crippen molar-refractivity contribution < 1.29 is 14.0 Å². The summed E-state index contributed by atoms with van der Waals surface area (Å²) in [5.41, 5.74) is 1.32. The Morgan fingerprint density at radius 1 is 1.15 bits per heavy atom. The van der Waals surface area contributed by atoms with Crippen LogP contribution in [-0.4, -0.2) is 28.6 Å². The number of aromatic amines is 1. The SMILES string of the molecule is O=C(CNC(=O)c1ccc(F)cc1)Nc1cc(CC2CCCCC2)[nH]n1. The van der Waals surface area contributed by atoms with E-state index in [1.807, 2.05) is 6.07 Å². The molecule has 1 aliphatic carbocycles. The van der Waals surface area contributed by atoms with Gasteiger partial charge in [0.1, 0.15) is 5.82 Å². The summed E-state index contributed by atoms with van der Waals surface area (Å²) < 4.78 is 12.9. The molecule has 0 aliphatic heterocycles. The van der Waals surface area contributed by atoms with Crippen LogP contribution in [0.4, 0.5) is 10.2 Å². The van der Waals surface area contributed by atoms with Gasteiger partial charge in [-0.1, -0.05) is 32.1 Å². The Hall–Kier alpha value is -2.70. The molecule has 1 aliphatic rings. The maximum absolute atomic E-state index is 12.9. The zero-order valence-electron chi connectivity index (χ0n) is 14.6. The van der Waals surface area contributed by atoms with Crippen molar-refractivity contribution in [2.24, 2.45) is 5.92 Å². The summed E-state index contributed by atoms with van der Waals surface area (Å²) in [6, 6.07) is 6.98. The largest absolute Gasteiger partial charge is 0.343 e. The number of hydrogen-bond donors (Lipinski definition) is 3. The highest BCUT2D eigenvalue weighted by Gasteiger charge is 2.16. The first-order valence-corrected chi connectivity index (χ1v) is 8.98. The molecule has 1 saturated carbocycles. The number of carbonyl (C=O) groups excluding carboxylic acids is 2. The van der Waals surface area contributed by atoms with E-state index in [1.54, 1.807) is 0 Å². The van der Waals surface area contributed by atoms with E-state index in [4.69, 9.17) is 0 Å². The van der Waals surface area contributed by atoms with E-state index in [9.17, 15) is 14.0 Å². The van der Waals surface area contributed by atoms with Crippen molar-refractivity contribution >= 4 is 17.6 Å². The lowest BCUT2D eigenvalue weighted by atomic mass is 9.86. The van der Waals surface area contributed by atoms with Crippen LogP contribution in [-0.2, 0) is 11.2 Å². The zero-order chi connectivity index (χ0) is 18.4. The molecule has 3 rings (SSSR count). The lowest BCUT2D eigenvalue weighted by Crippen LogP contribution is -2.32. The molecular formula is C19H23FN4O2. The minimum atomic E-state index is -0.430. The Balaban J connectivity index is 1.44. The monoisotopic (exact) mass is 358 g/mol. The van der Waals surface area contributed by atoms with Gasteiger partial charge in [-0.25, -0.2) is 4.39 Å². The van der Waals surface area contributed by atoms with E-state index in [0.29, 0.717) is 17.3 Å². The second-order valence-corrected chi connectivity index (χ2v) is 6.72. The van der Waals surface area contributed by atoms with Gasteiger partial charge in [-0.05, 0) is 36.6 Å². The fourth-order valence-electron chi connectivity index (χ4n) is 3.28. The maximum atomic E-state index is 12.9. The van der Waals surface area contributed by atoms with Crippen molar-refractivity contribution in [3.05, 3.63) is 47.4 Å². The molecule has 0 radical (unpaired) electrons. The number of rotatable bonds is 6. The van der Waals surface area contributed by atoms with Gasteiger partial charge in [-0.3, -0.25) is 14.7 Å². The third kappa shape index (κ3) is 5.15. The summed E-state index contributed by atoms with van der Waals surface area (Å²) in [5, 5.41) is 12.2. The molecule has 1 heterocycles. The van der Waals surface area contributed by atoms with E-state index in [2.05, 4.69) is 20.8 Å². The summed E-state index contributed by atoms with van der Waals surface area (Å²) in [6.07, 6.45) is 7.34. The van der Waals surface area contributed by atoms with Crippen LogP contribution in [0.1, 0.15) is 48.2 Å². The quantitative estimate of drug-likeness (QED) is 0.742. The van der Waals surface area contributed by atoms with Crippen molar-refractivity contribution in [1.82, 2.24) is 15.5 Å². The number of anilines is 1. The summed E-state index contributed by atoms with van der Waals surface area (Å²) in [4.78, 5) is 23.9. The van der Waals surface area contributed by atoms with Crippen molar-refractivity contribution in [2.45, 2.75) is 38.5 Å².